The maximum Gasteiger partial charge on any atom is 0.320 e. The van der Waals surface area contributed by atoms with Crippen molar-refractivity contribution in [2.24, 2.45) is 5.92 Å². The Balaban J connectivity index is 1.89. The minimum absolute atomic E-state index is 0.282. The summed E-state index contributed by atoms with van der Waals surface area (Å²) in [4.78, 5) is 11.2. The highest BCUT2D eigenvalue weighted by Gasteiger charge is 2.32. The van der Waals surface area contributed by atoms with Crippen molar-refractivity contribution in [1.29, 1.82) is 0 Å². The van der Waals surface area contributed by atoms with E-state index in [-0.39, 0.29) is 6.04 Å². The first-order valence-electron chi connectivity index (χ1n) is 6.26. The average Bonchev–Trinajstić information content (AvgIpc) is 2.87. The number of hydrogen-bond donors (Lipinski definition) is 2. The van der Waals surface area contributed by atoms with Gasteiger partial charge in [0.2, 0.25) is 0 Å². The third-order valence-electron chi connectivity index (χ3n) is 3.91. The van der Waals surface area contributed by atoms with Crippen LogP contribution in [0, 0.1) is 5.92 Å². The Bertz CT molecular complexity index is 218. The van der Waals surface area contributed by atoms with E-state index < -0.39 is 5.97 Å². The van der Waals surface area contributed by atoms with E-state index >= 15 is 0 Å². The molecule has 1 atom stereocenters. The molecule has 2 rings (SSSR count). The monoisotopic (exact) mass is 211 g/mol. The number of carboxylic acid groups (broad SMARTS) is 1. The zero-order valence-corrected chi connectivity index (χ0v) is 9.24. The maximum absolute atomic E-state index is 11.2. The highest BCUT2D eigenvalue weighted by Crippen LogP contribution is 2.29. The van der Waals surface area contributed by atoms with Crippen LogP contribution >= 0.6 is 0 Å². The van der Waals surface area contributed by atoms with E-state index in [4.69, 9.17) is 0 Å². The van der Waals surface area contributed by atoms with Gasteiger partial charge in [0, 0.05) is 6.04 Å². The number of rotatable bonds is 4. The van der Waals surface area contributed by atoms with Crippen LogP contribution in [0.5, 0.6) is 0 Å². The molecule has 2 aliphatic carbocycles. The van der Waals surface area contributed by atoms with E-state index in [1.54, 1.807) is 0 Å². The van der Waals surface area contributed by atoms with Gasteiger partial charge in [-0.15, -0.1) is 0 Å². The largest absolute Gasteiger partial charge is 0.480 e. The Morgan fingerprint density at radius 2 is 1.60 bits per heavy atom. The van der Waals surface area contributed by atoms with Gasteiger partial charge in [0.25, 0.3) is 0 Å². The van der Waals surface area contributed by atoms with E-state index in [1.807, 2.05) is 0 Å². The lowest BCUT2D eigenvalue weighted by molar-refractivity contribution is -0.141. The normalized spacial score (nSPS) is 25.9. The van der Waals surface area contributed by atoms with Crippen LogP contribution in [0.1, 0.15) is 51.4 Å². The fourth-order valence-corrected chi connectivity index (χ4v) is 3.05. The number of carbonyl (C=O) groups is 1. The molecule has 3 heteroatoms. The molecule has 0 aromatic rings. The Morgan fingerprint density at radius 1 is 1.07 bits per heavy atom. The first kappa shape index (κ1) is 10.9. The molecule has 2 N–H and O–H groups in total. The summed E-state index contributed by atoms with van der Waals surface area (Å²) in [6.45, 7) is 0. The molecule has 0 aliphatic heterocycles. The maximum atomic E-state index is 11.2. The quantitative estimate of drug-likeness (QED) is 0.749. The van der Waals surface area contributed by atoms with Gasteiger partial charge in [-0.2, -0.15) is 0 Å². The van der Waals surface area contributed by atoms with Gasteiger partial charge >= 0.3 is 5.97 Å². The van der Waals surface area contributed by atoms with Crippen molar-refractivity contribution in [3.63, 3.8) is 0 Å². The molecule has 0 bridgehead atoms. The van der Waals surface area contributed by atoms with E-state index in [0.717, 1.165) is 25.7 Å². The van der Waals surface area contributed by atoms with Gasteiger partial charge in [-0.1, -0.05) is 25.7 Å². The van der Waals surface area contributed by atoms with Crippen LogP contribution in [0.15, 0.2) is 0 Å². The van der Waals surface area contributed by atoms with Gasteiger partial charge in [0.1, 0.15) is 6.04 Å². The first-order chi connectivity index (χ1) is 7.27. The van der Waals surface area contributed by atoms with Crippen molar-refractivity contribution in [2.45, 2.75) is 63.5 Å². The molecule has 0 radical (unpaired) electrons. The lowest BCUT2D eigenvalue weighted by Crippen LogP contribution is -2.46. The van der Waals surface area contributed by atoms with Crippen molar-refractivity contribution < 1.29 is 9.90 Å². The molecule has 0 amide bonds. The molecule has 0 spiro atoms. The average molecular weight is 211 g/mol. The number of carboxylic acids is 1. The Morgan fingerprint density at radius 3 is 2.13 bits per heavy atom. The second-order valence-corrected chi connectivity index (χ2v) is 5.01. The van der Waals surface area contributed by atoms with Crippen LogP contribution in [-0.4, -0.2) is 23.2 Å². The summed E-state index contributed by atoms with van der Waals surface area (Å²) in [5, 5.41) is 12.6. The van der Waals surface area contributed by atoms with Crippen molar-refractivity contribution in [3.05, 3.63) is 0 Å². The smallest absolute Gasteiger partial charge is 0.320 e. The summed E-state index contributed by atoms with van der Waals surface area (Å²) in [7, 11) is 0. The molecule has 0 saturated heterocycles. The molecule has 0 heterocycles. The van der Waals surface area contributed by atoms with Gasteiger partial charge < -0.3 is 10.4 Å². The fraction of sp³-hybridized carbons (Fsp3) is 0.917. The molecule has 0 aromatic carbocycles. The van der Waals surface area contributed by atoms with Gasteiger partial charge in [-0.05, 0) is 31.6 Å². The molecule has 2 saturated carbocycles. The van der Waals surface area contributed by atoms with Gasteiger partial charge in [-0.3, -0.25) is 4.79 Å². The number of hydrogen-bond acceptors (Lipinski definition) is 2. The summed E-state index contributed by atoms with van der Waals surface area (Å²) >= 11 is 0. The third kappa shape index (κ3) is 2.71. The third-order valence-corrected chi connectivity index (χ3v) is 3.91. The molecule has 0 aromatic heterocycles. The summed E-state index contributed by atoms with van der Waals surface area (Å²) in [6, 6.07) is 0.183. The van der Waals surface area contributed by atoms with Crippen LogP contribution in [0.3, 0.4) is 0 Å². The highest BCUT2D eigenvalue weighted by molar-refractivity contribution is 5.74. The van der Waals surface area contributed by atoms with E-state index in [0.29, 0.717) is 12.0 Å². The van der Waals surface area contributed by atoms with Crippen LogP contribution in [0.25, 0.3) is 0 Å². The van der Waals surface area contributed by atoms with Crippen molar-refractivity contribution in [2.75, 3.05) is 0 Å². The second-order valence-electron chi connectivity index (χ2n) is 5.01. The van der Waals surface area contributed by atoms with Gasteiger partial charge in [0.15, 0.2) is 0 Å². The molecular formula is C12H21NO2. The standard InChI is InChI=1S/C12H21NO2/c14-12(15)11(9-5-1-2-6-9)13-10-7-3-4-8-10/h9-11,13H,1-8H2,(H,14,15). The van der Waals surface area contributed by atoms with Crippen LogP contribution < -0.4 is 5.32 Å². The van der Waals surface area contributed by atoms with Crippen molar-refractivity contribution in [3.8, 4) is 0 Å². The Labute approximate surface area is 91.2 Å². The number of nitrogens with one attached hydrogen (secondary N) is 1. The lowest BCUT2D eigenvalue weighted by Gasteiger charge is -2.24. The minimum atomic E-state index is -0.645. The van der Waals surface area contributed by atoms with Crippen LogP contribution in [-0.2, 0) is 4.79 Å². The lowest BCUT2D eigenvalue weighted by atomic mass is 9.97. The molecule has 2 fully saturated rings. The summed E-state index contributed by atoms with van der Waals surface area (Å²) in [6.07, 6.45) is 9.45. The van der Waals surface area contributed by atoms with Crippen molar-refractivity contribution >= 4 is 5.97 Å². The molecule has 15 heavy (non-hydrogen) atoms. The molecule has 1 unspecified atom stereocenters. The van der Waals surface area contributed by atoms with E-state index in [9.17, 15) is 9.90 Å². The van der Waals surface area contributed by atoms with Crippen LogP contribution in [0.4, 0.5) is 0 Å². The Kier molecular flexibility index (Phi) is 3.62. The summed E-state index contributed by atoms with van der Waals surface area (Å²) in [5.41, 5.74) is 0. The zero-order chi connectivity index (χ0) is 10.7. The fourth-order valence-electron chi connectivity index (χ4n) is 3.05. The predicted molar refractivity (Wildman–Crippen MR) is 58.8 cm³/mol. The SMILES string of the molecule is O=C(O)C(NC1CCCC1)C1CCCC1. The van der Waals surface area contributed by atoms with Crippen molar-refractivity contribution in [1.82, 2.24) is 5.32 Å². The predicted octanol–water partition coefficient (Wildman–Crippen LogP) is 2.16. The highest BCUT2D eigenvalue weighted by atomic mass is 16.4. The summed E-state index contributed by atoms with van der Waals surface area (Å²) < 4.78 is 0. The molecule has 86 valence electrons. The molecule has 3 nitrogen and oxygen atoms in total. The van der Waals surface area contributed by atoms with E-state index in [2.05, 4.69) is 5.32 Å². The summed E-state index contributed by atoms with van der Waals surface area (Å²) in [5.74, 6) is -0.267. The number of aliphatic carboxylic acids is 1. The van der Waals surface area contributed by atoms with Gasteiger partial charge in [-0.25, -0.2) is 0 Å². The minimum Gasteiger partial charge on any atom is -0.480 e. The Hall–Kier alpha value is -0.570. The van der Waals surface area contributed by atoms with Gasteiger partial charge in [0.05, 0.1) is 0 Å². The first-order valence-corrected chi connectivity index (χ1v) is 6.26. The van der Waals surface area contributed by atoms with Crippen LogP contribution in [0.2, 0.25) is 0 Å². The molecular weight excluding hydrogens is 190 g/mol. The second kappa shape index (κ2) is 4.97. The van der Waals surface area contributed by atoms with E-state index in [1.165, 1.54) is 25.7 Å². The molecule has 2 aliphatic rings. The topological polar surface area (TPSA) is 49.3 Å². The zero-order valence-electron chi connectivity index (χ0n) is 9.24.